The average Bonchev–Trinajstić information content (AvgIpc) is 2.47. The third kappa shape index (κ3) is 4.29. The molecule has 0 fully saturated rings. The van der Waals surface area contributed by atoms with E-state index in [4.69, 9.17) is 15.2 Å². The van der Waals surface area contributed by atoms with Gasteiger partial charge in [0.25, 0.3) is 0 Å². The molecule has 2 rings (SSSR count). The number of benzene rings is 2. The molecule has 0 saturated heterocycles. The van der Waals surface area contributed by atoms with Crippen LogP contribution in [0.1, 0.15) is 0 Å². The Labute approximate surface area is 117 Å². The Hall–Kier alpha value is -2.53. The van der Waals surface area contributed by atoms with Crippen LogP contribution in [0.2, 0.25) is 0 Å². The lowest BCUT2D eigenvalue weighted by molar-refractivity contribution is 0.215. The Balaban J connectivity index is 1.88. The molecular weight excluding hydrogens is 256 g/mol. The first kappa shape index (κ1) is 13.9. The Bertz CT molecular complexity index is 541. The highest BCUT2D eigenvalue weighted by Crippen LogP contribution is 2.16. The van der Waals surface area contributed by atoms with Crippen molar-refractivity contribution in [1.82, 2.24) is 0 Å². The van der Waals surface area contributed by atoms with Crippen LogP contribution in [0.3, 0.4) is 0 Å². The van der Waals surface area contributed by atoms with E-state index in [1.54, 1.807) is 48.5 Å². The minimum atomic E-state index is -0.535. The molecule has 0 radical (unpaired) electrons. The molecule has 2 aromatic carbocycles. The molecule has 5 nitrogen and oxygen atoms in total. The lowest BCUT2D eigenvalue weighted by atomic mass is 10.3. The van der Waals surface area contributed by atoms with Crippen molar-refractivity contribution in [2.75, 3.05) is 18.5 Å². The van der Waals surface area contributed by atoms with Crippen LogP contribution in [0.4, 0.5) is 10.5 Å². The highest BCUT2D eigenvalue weighted by molar-refractivity contribution is 5.86. The predicted octanol–water partition coefficient (Wildman–Crippen LogP) is 2.64. The van der Waals surface area contributed by atoms with Gasteiger partial charge in [-0.2, -0.15) is 0 Å². The fourth-order valence-corrected chi connectivity index (χ4v) is 1.55. The summed E-state index contributed by atoms with van der Waals surface area (Å²) in [5.74, 6) is 1.20. The van der Waals surface area contributed by atoms with Crippen LogP contribution < -0.4 is 20.5 Å². The lowest BCUT2D eigenvalue weighted by Gasteiger charge is -2.08. The van der Waals surface area contributed by atoms with Crippen molar-refractivity contribution in [3.63, 3.8) is 0 Å². The largest absolute Gasteiger partial charge is 0.492 e. The monoisotopic (exact) mass is 272 g/mol. The number of nitrogens with one attached hydrogen (secondary N) is 1. The summed E-state index contributed by atoms with van der Waals surface area (Å²) in [6.07, 6.45) is -0.535. The fourth-order valence-electron chi connectivity index (χ4n) is 1.55. The molecule has 0 aliphatic rings. The highest BCUT2D eigenvalue weighted by Gasteiger charge is 2.04. The topological polar surface area (TPSA) is 73.6 Å². The first-order chi connectivity index (χ1) is 9.78. The quantitative estimate of drug-likeness (QED) is 0.877. The van der Waals surface area contributed by atoms with Crippen LogP contribution in [0.25, 0.3) is 0 Å². The summed E-state index contributed by atoms with van der Waals surface area (Å²) in [5, 5.41) is 2.63. The molecule has 0 spiro atoms. The number of nitrogens with two attached hydrogens (primary N) is 1. The van der Waals surface area contributed by atoms with E-state index in [9.17, 15) is 4.79 Å². The fraction of sp³-hybridized carbons (Fsp3) is 0.133. The predicted molar refractivity (Wildman–Crippen MR) is 77.1 cm³/mol. The number of ether oxygens (including phenoxy) is 2. The minimum absolute atomic E-state index is 0.461. The maximum Gasteiger partial charge on any atom is 0.417 e. The van der Waals surface area contributed by atoms with Gasteiger partial charge in [0.1, 0.15) is 18.1 Å². The van der Waals surface area contributed by atoms with E-state index in [2.05, 4.69) is 5.32 Å². The van der Waals surface area contributed by atoms with E-state index in [1.165, 1.54) is 0 Å². The summed E-state index contributed by atoms with van der Waals surface area (Å²) in [7, 11) is 0. The number of carbonyl (C=O) groups is 1. The molecule has 104 valence electrons. The number of hydrogen-bond donors (Lipinski definition) is 2. The van der Waals surface area contributed by atoms with Gasteiger partial charge < -0.3 is 15.2 Å². The van der Waals surface area contributed by atoms with E-state index in [1.807, 2.05) is 6.07 Å². The van der Waals surface area contributed by atoms with Crippen LogP contribution in [-0.2, 0) is 0 Å². The average molecular weight is 272 g/mol. The molecule has 0 atom stereocenters. The number of para-hydroxylation sites is 1. The molecule has 0 heterocycles. The van der Waals surface area contributed by atoms with E-state index in [0.717, 1.165) is 0 Å². The third-order valence-electron chi connectivity index (χ3n) is 2.44. The van der Waals surface area contributed by atoms with Gasteiger partial charge in [-0.1, -0.05) is 18.2 Å². The summed E-state index contributed by atoms with van der Waals surface area (Å²) >= 11 is 0. The van der Waals surface area contributed by atoms with Crippen LogP contribution in [0.15, 0.2) is 54.6 Å². The van der Waals surface area contributed by atoms with Crippen molar-refractivity contribution < 1.29 is 14.3 Å². The van der Waals surface area contributed by atoms with Crippen molar-refractivity contribution in [1.29, 1.82) is 0 Å². The molecule has 0 aliphatic heterocycles. The molecule has 2 aromatic rings. The number of anilines is 1. The van der Waals surface area contributed by atoms with Crippen LogP contribution >= 0.6 is 0 Å². The van der Waals surface area contributed by atoms with Gasteiger partial charge in [0.2, 0.25) is 0 Å². The van der Waals surface area contributed by atoms with Gasteiger partial charge in [-0.25, -0.2) is 4.79 Å². The van der Waals surface area contributed by atoms with Crippen molar-refractivity contribution in [2.45, 2.75) is 0 Å². The molecule has 0 bridgehead atoms. The van der Waals surface area contributed by atoms with Crippen LogP contribution in [0.5, 0.6) is 11.5 Å². The van der Waals surface area contributed by atoms with Gasteiger partial charge in [-0.15, -0.1) is 0 Å². The summed E-state index contributed by atoms with van der Waals surface area (Å²) in [4.78, 5) is 11.7. The second-order valence-corrected chi connectivity index (χ2v) is 3.99. The van der Waals surface area contributed by atoms with Gasteiger partial charge in [-0.05, 0) is 36.4 Å². The summed E-state index contributed by atoms with van der Waals surface area (Å²) < 4.78 is 10.5. The highest BCUT2D eigenvalue weighted by atomic mass is 16.6. The molecule has 3 N–H and O–H groups in total. The molecule has 0 saturated carbocycles. The number of carbonyl (C=O) groups excluding carboxylic acids is 1. The van der Waals surface area contributed by atoms with Crippen LogP contribution in [-0.4, -0.2) is 19.2 Å². The Morgan fingerprint density at radius 2 is 1.70 bits per heavy atom. The molecule has 20 heavy (non-hydrogen) atoms. The van der Waals surface area contributed by atoms with Crippen LogP contribution in [0, 0.1) is 0 Å². The van der Waals surface area contributed by atoms with Gasteiger partial charge >= 0.3 is 6.09 Å². The SMILES string of the molecule is NCCOc1ccc(NC(=O)Oc2ccccc2)cc1. The summed E-state index contributed by atoms with van der Waals surface area (Å²) in [5.41, 5.74) is 5.98. The number of rotatable bonds is 5. The number of amides is 1. The first-order valence-electron chi connectivity index (χ1n) is 6.25. The Morgan fingerprint density at radius 3 is 2.35 bits per heavy atom. The summed E-state index contributed by atoms with van der Waals surface area (Å²) in [6, 6.07) is 15.9. The third-order valence-corrected chi connectivity index (χ3v) is 2.44. The maximum absolute atomic E-state index is 11.7. The molecular formula is C15H16N2O3. The summed E-state index contributed by atoms with van der Waals surface area (Å²) in [6.45, 7) is 0.923. The van der Waals surface area contributed by atoms with Gasteiger partial charge in [0, 0.05) is 12.2 Å². The van der Waals surface area contributed by atoms with Crippen molar-refractivity contribution in [2.24, 2.45) is 5.73 Å². The number of hydrogen-bond acceptors (Lipinski definition) is 4. The zero-order chi connectivity index (χ0) is 14.2. The molecule has 1 amide bonds. The lowest BCUT2D eigenvalue weighted by Crippen LogP contribution is -2.16. The first-order valence-corrected chi connectivity index (χ1v) is 6.25. The second-order valence-electron chi connectivity index (χ2n) is 3.99. The molecule has 5 heteroatoms. The smallest absolute Gasteiger partial charge is 0.417 e. The zero-order valence-corrected chi connectivity index (χ0v) is 10.9. The van der Waals surface area contributed by atoms with E-state index < -0.39 is 6.09 Å². The zero-order valence-electron chi connectivity index (χ0n) is 10.9. The van der Waals surface area contributed by atoms with Crippen molar-refractivity contribution in [3.8, 4) is 11.5 Å². The molecule has 0 aliphatic carbocycles. The molecule has 0 unspecified atom stereocenters. The minimum Gasteiger partial charge on any atom is -0.492 e. The normalized spacial score (nSPS) is 9.85. The standard InChI is InChI=1S/C15H16N2O3/c16-10-11-19-13-8-6-12(7-9-13)17-15(18)20-14-4-2-1-3-5-14/h1-9H,10-11,16H2,(H,17,18). The molecule has 0 aromatic heterocycles. The Morgan fingerprint density at radius 1 is 1.00 bits per heavy atom. The second kappa shape index (κ2) is 7.16. The van der Waals surface area contributed by atoms with Gasteiger partial charge in [-0.3, -0.25) is 5.32 Å². The van der Waals surface area contributed by atoms with Crippen molar-refractivity contribution in [3.05, 3.63) is 54.6 Å². The van der Waals surface area contributed by atoms with E-state index >= 15 is 0 Å². The maximum atomic E-state index is 11.7. The van der Waals surface area contributed by atoms with Crippen molar-refractivity contribution >= 4 is 11.8 Å². The Kier molecular flexibility index (Phi) is 4.97. The van der Waals surface area contributed by atoms with E-state index in [0.29, 0.717) is 30.3 Å². The van der Waals surface area contributed by atoms with E-state index in [-0.39, 0.29) is 0 Å². The van der Waals surface area contributed by atoms with Gasteiger partial charge in [0.05, 0.1) is 0 Å². The van der Waals surface area contributed by atoms with Gasteiger partial charge in [0.15, 0.2) is 0 Å².